The van der Waals surface area contributed by atoms with Crippen LogP contribution in [0, 0.1) is 13.8 Å². The average molecular weight is 248 g/mol. The molecule has 0 unspecified atom stereocenters. The highest BCUT2D eigenvalue weighted by atomic mass is 16.4. The molecule has 0 aliphatic carbocycles. The molecule has 18 heavy (non-hydrogen) atoms. The fourth-order valence-corrected chi connectivity index (χ4v) is 1.74. The van der Waals surface area contributed by atoms with Gasteiger partial charge in [-0.2, -0.15) is 5.10 Å². The lowest BCUT2D eigenvalue weighted by molar-refractivity contribution is 0.0995. The second-order valence-corrected chi connectivity index (χ2v) is 4.09. The van der Waals surface area contributed by atoms with E-state index in [4.69, 9.17) is 10.2 Å². The predicted molar refractivity (Wildman–Crippen MR) is 67.2 cm³/mol. The van der Waals surface area contributed by atoms with Gasteiger partial charge in [-0.1, -0.05) is 0 Å². The van der Waals surface area contributed by atoms with Gasteiger partial charge in [0, 0.05) is 7.05 Å². The van der Waals surface area contributed by atoms with Gasteiger partial charge in [0.1, 0.15) is 5.76 Å². The summed E-state index contributed by atoms with van der Waals surface area (Å²) >= 11 is 0. The molecule has 0 saturated carbocycles. The zero-order valence-corrected chi connectivity index (χ0v) is 10.7. The topological polar surface area (TPSA) is 86.1 Å². The SMILES string of the molecule is Cc1nn(C)c(C)c1NC(=O)c1ccc(CN)o1. The summed E-state index contributed by atoms with van der Waals surface area (Å²) < 4.78 is 7.01. The van der Waals surface area contributed by atoms with Crippen molar-refractivity contribution in [2.75, 3.05) is 5.32 Å². The number of aromatic nitrogens is 2. The highest BCUT2D eigenvalue weighted by Crippen LogP contribution is 2.19. The number of hydrogen-bond donors (Lipinski definition) is 2. The van der Waals surface area contributed by atoms with Crippen LogP contribution in [-0.2, 0) is 13.6 Å². The Balaban J connectivity index is 2.21. The molecule has 2 heterocycles. The van der Waals surface area contributed by atoms with E-state index in [1.807, 2.05) is 20.9 Å². The molecule has 3 N–H and O–H groups in total. The fourth-order valence-electron chi connectivity index (χ4n) is 1.74. The van der Waals surface area contributed by atoms with Crippen molar-refractivity contribution in [3.63, 3.8) is 0 Å². The molecule has 6 nitrogen and oxygen atoms in total. The Hall–Kier alpha value is -2.08. The van der Waals surface area contributed by atoms with Crippen molar-refractivity contribution in [1.82, 2.24) is 9.78 Å². The normalized spacial score (nSPS) is 10.7. The zero-order chi connectivity index (χ0) is 13.3. The van der Waals surface area contributed by atoms with E-state index in [9.17, 15) is 4.79 Å². The lowest BCUT2D eigenvalue weighted by atomic mass is 10.3. The molecule has 0 aliphatic heterocycles. The first kappa shape index (κ1) is 12.4. The van der Waals surface area contributed by atoms with Crippen molar-refractivity contribution in [1.29, 1.82) is 0 Å². The van der Waals surface area contributed by atoms with E-state index >= 15 is 0 Å². The number of rotatable bonds is 3. The molecular weight excluding hydrogens is 232 g/mol. The molecule has 2 aromatic heterocycles. The maximum absolute atomic E-state index is 12.0. The molecule has 96 valence electrons. The number of carbonyl (C=O) groups excluding carboxylic acids is 1. The first-order valence-corrected chi connectivity index (χ1v) is 5.63. The van der Waals surface area contributed by atoms with Crippen molar-refractivity contribution < 1.29 is 9.21 Å². The van der Waals surface area contributed by atoms with Crippen LogP contribution < -0.4 is 11.1 Å². The molecule has 1 amide bonds. The fraction of sp³-hybridized carbons (Fsp3) is 0.333. The molecule has 0 saturated heterocycles. The molecular formula is C12H16N4O2. The zero-order valence-electron chi connectivity index (χ0n) is 10.7. The second-order valence-electron chi connectivity index (χ2n) is 4.09. The summed E-state index contributed by atoms with van der Waals surface area (Å²) in [6.45, 7) is 4.01. The van der Waals surface area contributed by atoms with Crippen LogP contribution in [0.15, 0.2) is 16.5 Å². The molecule has 0 spiro atoms. The number of aryl methyl sites for hydroxylation is 2. The molecule has 2 rings (SSSR count). The summed E-state index contributed by atoms with van der Waals surface area (Å²) in [5, 5.41) is 7.03. The standard InChI is InChI=1S/C12H16N4O2/c1-7-11(8(2)16(3)15-7)14-12(17)10-5-4-9(6-13)18-10/h4-5H,6,13H2,1-3H3,(H,14,17). The quantitative estimate of drug-likeness (QED) is 0.858. The van der Waals surface area contributed by atoms with Crippen LogP contribution >= 0.6 is 0 Å². The Morgan fingerprint density at radius 2 is 2.22 bits per heavy atom. The number of amides is 1. The minimum absolute atomic E-state index is 0.248. The smallest absolute Gasteiger partial charge is 0.291 e. The van der Waals surface area contributed by atoms with Crippen molar-refractivity contribution in [3.05, 3.63) is 35.0 Å². The molecule has 0 bridgehead atoms. The van der Waals surface area contributed by atoms with Gasteiger partial charge >= 0.3 is 0 Å². The maximum Gasteiger partial charge on any atom is 0.291 e. The minimum Gasteiger partial charge on any atom is -0.455 e. The Bertz CT molecular complexity index is 583. The van der Waals surface area contributed by atoms with E-state index in [1.165, 1.54) is 0 Å². The monoisotopic (exact) mass is 248 g/mol. The van der Waals surface area contributed by atoms with E-state index in [1.54, 1.807) is 16.8 Å². The summed E-state index contributed by atoms with van der Waals surface area (Å²) in [6.07, 6.45) is 0. The summed E-state index contributed by atoms with van der Waals surface area (Å²) in [7, 11) is 1.83. The van der Waals surface area contributed by atoms with E-state index in [-0.39, 0.29) is 18.2 Å². The molecule has 6 heteroatoms. The van der Waals surface area contributed by atoms with Gasteiger partial charge in [-0.25, -0.2) is 0 Å². The number of furan rings is 1. The van der Waals surface area contributed by atoms with Gasteiger partial charge in [0.25, 0.3) is 5.91 Å². The molecule has 0 atom stereocenters. The van der Waals surface area contributed by atoms with Gasteiger partial charge in [0.05, 0.1) is 23.6 Å². The van der Waals surface area contributed by atoms with E-state index in [2.05, 4.69) is 10.4 Å². The first-order chi connectivity index (χ1) is 8.52. The molecule has 0 radical (unpaired) electrons. The van der Waals surface area contributed by atoms with E-state index < -0.39 is 0 Å². The number of nitrogens with one attached hydrogen (secondary N) is 1. The van der Waals surface area contributed by atoms with Crippen molar-refractivity contribution in [2.24, 2.45) is 12.8 Å². The minimum atomic E-state index is -0.297. The predicted octanol–water partition coefficient (Wildman–Crippen LogP) is 1.34. The van der Waals surface area contributed by atoms with Crippen molar-refractivity contribution >= 4 is 11.6 Å². The van der Waals surface area contributed by atoms with Gasteiger partial charge < -0.3 is 15.5 Å². The Kier molecular flexibility index (Phi) is 3.20. The Labute approximate surface area is 105 Å². The lowest BCUT2D eigenvalue weighted by Gasteiger charge is -2.03. The van der Waals surface area contributed by atoms with Crippen LogP contribution in [0.5, 0.6) is 0 Å². The van der Waals surface area contributed by atoms with Crippen LogP contribution in [0.3, 0.4) is 0 Å². The summed E-state index contributed by atoms with van der Waals surface area (Å²) in [4.78, 5) is 12.0. The van der Waals surface area contributed by atoms with Crippen LogP contribution in [0.4, 0.5) is 5.69 Å². The van der Waals surface area contributed by atoms with Gasteiger partial charge in [-0.3, -0.25) is 9.48 Å². The van der Waals surface area contributed by atoms with Crippen LogP contribution in [0.2, 0.25) is 0 Å². The number of carbonyl (C=O) groups is 1. The molecule has 2 aromatic rings. The van der Waals surface area contributed by atoms with Gasteiger partial charge in [0.15, 0.2) is 5.76 Å². The van der Waals surface area contributed by atoms with Crippen molar-refractivity contribution in [2.45, 2.75) is 20.4 Å². The summed E-state index contributed by atoms with van der Waals surface area (Å²) in [5.41, 5.74) is 7.81. The highest BCUT2D eigenvalue weighted by molar-refractivity contribution is 6.02. The third-order valence-corrected chi connectivity index (χ3v) is 2.83. The van der Waals surface area contributed by atoms with E-state index in [0.717, 1.165) is 11.4 Å². The van der Waals surface area contributed by atoms with Crippen LogP contribution in [-0.4, -0.2) is 15.7 Å². The Morgan fingerprint density at radius 1 is 1.50 bits per heavy atom. The number of anilines is 1. The van der Waals surface area contributed by atoms with Crippen LogP contribution in [0.25, 0.3) is 0 Å². The van der Waals surface area contributed by atoms with Gasteiger partial charge in [-0.15, -0.1) is 0 Å². The average Bonchev–Trinajstić information content (AvgIpc) is 2.90. The summed E-state index contributed by atoms with van der Waals surface area (Å²) in [5.74, 6) is 0.534. The third kappa shape index (κ3) is 2.14. The second kappa shape index (κ2) is 4.66. The number of hydrogen-bond acceptors (Lipinski definition) is 4. The van der Waals surface area contributed by atoms with Crippen molar-refractivity contribution in [3.8, 4) is 0 Å². The van der Waals surface area contributed by atoms with Gasteiger partial charge in [-0.05, 0) is 26.0 Å². The number of nitrogens with zero attached hydrogens (tertiary/aromatic N) is 2. The highest BCUT2D eigenvalue weighted by Gasteiger charge is 2.16. The largest absolute Gasteiger partial charge is 0.455 e. The number of nitrogens with two attached hydrogens (primary N) is 1. The Morgan fingerprint density at radius 3 is 2.72 bits per heavy atom. The molecule has 0 aromatic carbocycles. The molecule has 0 aliphatic rings. The third-order valence-electron chi connectivity index (χ3n) is 2.83. The van der Waals surface area contributed by atoms with Gasteiger partial charge in [0.2, 0.25) is 0 Å². The first-order valence-electron chi connectivity index (χ1n) is 5.63. The lowest BCUT2D eigenvalue weighted by Crippen LogP contribution is -2.12. The summed E-state index contributed by atoms with van der Waals surface area (Å²) in [6, 6.07) is 3.30. The van der Waals surface area contributed by atoms with Crippen LogP contribution in [0.1, 0.15) is 27.7 Å². The molecule has 0 fully saturated rings. The maximum atomic E-state index is 12.0. The van der Waals surface area contributed by atoms with E-state index in [0.29, 0.717) is 11.4 Å².